The lowest BCUT2D eigenvalue weighted by Crippen LogP contribution is -2.30. The van der Waals surface area contributed by atoms with E-state index in [2.05, 4.69) is 179 Å². The Morgan fingerprint density at radius 3 is 0.759 bits per heavy atom. The first-order valence-corrected chi connectivity index (χ1v) is 34.0. The summed E-state index contributed by atoms with van der Waals surface area (Å²) in [4.78, 5) is 38.3. The van der Waals surface area contributed by atoms with E-state index in [0.717, 1.165) is 161 Å². The highest BCUT2D eigenvalue weighted by molar-refractivity contribution is 5.71. The van der Waals surface area contributed by atoms with Crippen molar-refractivity contribution in [3.63, 3.8) is 0 Å². The summed E-state index contributed by atoms with van der Waals surface area (Å²) in [5, 5.41) is 0. The number of hydrogen-bond donors (Lipinski definition) is 0. The van der Waals surface area contributed by atoms with E-state index in [1.807, 2.05) is 0 Å². The van der Waals surface area contributed by atoms with Gasteiger partial charge in [-0.15, -0.1) is 0 Å². The lowest BCUT2D eigenvalue weighted by atomic mass is 10.1. The smallest absolute Gasteiger partial charge is 0.306 e. The van der Waals surface area contributed by atoms with Crippen LogP contribution >= 0.6 is 0 Å². The number of unbranched alkanes of at least 4 members (excludes halogenated alkanes) is 23. The van der Waals surface area contributed by atoms with Crippen LogP contribution in [0.1, 0.15) is 290 Å². The zero-order valence-electron chi connectivity index (χ0n) is 53.7. The van der Waals surface area contributed by atoms with E-state index in [9.17, 15) is 14.4 Å². The largest absolute Gasteiger partial charge is 0.462 e. The second-order valence-electron chi connectivity index (χ2n) is 22.0. The lowest BCUT2D eigenvalue weighted by molar-refractivity contribution is -0.167. The molecule has 0 aromatic carbocycles. The maximum Gasteiger partial charge on any atom is 0.306 e. The average molecular weight is 1150 g/mol. The van der Waals surface area contributed by atoms with Crippen LogP contribution in [0, 0.1) is 0 Å². The number of allylic oxidation sites excluding steroid dienone is 26. The maximum atomic E-state index is 12.9. The first-order chi connectivity index (χ1) is 41.0. The fraction of sp³-hybridized carbons (Fsp3) is 0.623. The van der Waals surface area contributed by atoms with Crippen molar-refractivity contribution in [3.05, 3.63) is 158 Å². The van der Waals surface area contributed by atoms with Gasteiger partial charge in [-0.1, -0.05) is 294 Å². The molecule has 0 aliphatic carbocycles. The Morgan fingerprint density at radius 1 is 0.253 bits per heavy atom. The van der Waals surface area contributed by atoms with Gasteiger partial charge in [0.1, 0.15) is 13.2 Å². The van der Waals surface area contributed by atoms with E-state index in [1.165, 1.54) is 89.9 Å². The molecular formula is C77H124O6. The number of ether oxygens (including phenoxy) is 3. The van der Waals surface area contributed by atoms with Crippen molar-refractivity contribution in [2.75, 3.05) is 13.2 Å². The molecule has 0 aliphatic heterocycles. The van der Waals surface area contributed by atoms with E-state index in [0.29, 0.717) is 19.3 Å². The summed E-state index contributed by atoms with van der Waals surface area (Å²) in [6.45, 7) is 6.46. The average Bonchev–Trinajstić information content (AvgIpc) is 3.48. The Balaban J connectivity index is 4.33. The molecule has 0 amide bonds. The minimum atomic E-state index is -0.801. The van der Waals surface area contributed by atoms with Crippen molar-refractivity contribution < 1.29 is 28.6 Å². The highest BCUT2D eigenvalue weighted by atomic mass is 16.6. The van der Waals surface area contributed by atoms with Crippen molar-refractivity contribution in [1.29, 1.82) is 0 Å². The Labute approximate surface area is 511 Å². The molecule has 1 unspecified atom stereocenters. The molecule has 6 nitrogen and oxygen atoms in total. The van der Waals surface area contributed by atoms with Gasteiger partial charge < -0.3 is 14.2 Å². The van der Waals surface area contributed by atoms with Gasteiger partial charge >= 0.3 is 17.9 Å². The van der Waals surface area contributed by atoms with Crippen molar-refractivity contribution >= 4 is 17.9 Å². The van der Waals surface area contributed by atoms with Gasteiger partial charge in [0.25, 0.3) is 0 Å². The fourth-order valence-electron chi connectivity index (χ4n) is 8.95. The molecule has 0 aromatic rings. The normalized spacial score (nSPS) is 13.1. The van der Waals surface area contributed by atoms with Crippen molar-refractivity contribution in [1.82, 2.24) is 0 Å². The summed E-state index contributed by atoms with van der Waals surface area (Å²) in [7, 11) is 0. The van der Waals surface area contributed by atoms with Crippen LogP contribution < -0.4 is 0 Å². The van der Waals surface area contributed by atoms with Crippen LogP contribution in [-0.4, -0.2) is 37.2 Å². The number of carbonyl (C=O) groups excluding carboxylic acids is 3. The van der Waals surface area contributed by atoms with Crippen LogP contribution in [0.2, 0.25) is 0 Å². The highest BCUT2D eigenvalue weighted by Gasteiger charge is 2.19. The van der Waals surface area contributed by atoms with E-state index in [1.54, 1.807) is 0 Å². The summed E-state index contributed by atoms with van der Waals surface area (Å²) in [6.07, 6.45) is 101. The standard InChI is InChI=1S/C77H124O6/c1-4-7-10-13-16-19-22-24-26-28-30-31-32-33-34-35-36-37-38-39-40-41-42-43-44-45-47-48-50-52-55-58-61-64-67-70-76(79)82-73-74(72-81-75(78)69-66-63-60-57-54-21-18-15-12-9-6-3)83-77(80)71-68-65-62-59-56-53-51-49-46-29-27-25-23-20-17-14-11-8-5-2/h7,10,16-17,19-20,24-27,30-31,33-34,36-37,39-40,42-43,45-47,49-50,52,74H,4-6,8-9,11-15,18,21-23,28-29,32,35,38,41,44,48,51,53-73H2,1-3H3/b10-7-,19-16-,20-17-,26-24-,27-25-,31-30-,34-33-,37-36-,40-39-,43-42-,47-45-,49-46-,52-50-. The van der Waals surface area contributed by atoms with Gasteiger partial charge in [-0.3, -0.25) is 14.4 Å². The molecule has 0 radical (unpaired) electrons. The summed E-state index contributed by atoms with van der Waals surface area (Å²) < 4.78 is 16.9. The van der Waals surface area contributed by atoms with Crippen LogP contribution in [-0.2, 0) is 28.6 Å². The first kappa shape index (κ1) is 78.0. The van der Waals surface area contributed by atoms with Gasteiger partial charge in [-0.05, 0) is 135 Å². The predicted octanol–water partition coefficient (Wildman–Crippen LogP) is 23.7. The summed E-state index contributed by atoms with van der Waals surface area (Å²) in [5.74, 6) is -0.934. The quantitative estimate of drug-likeness (QED) is 0.0261. The molecule has 83 heavy (non-hydrogen) atoms. The topological polar surface area (TPSA) is 78.9 Å². The summed E-state index contributed by atoms with van der Waals surface area (Å²) >= 11 is 0. The molecule has 0 rings (SSSR count). The Bertz CT molecular complexity index is 1840. The second kappa shape index (κ2) is 69.5. The summed E-state index contributed by atoms with van der Waals surface area (Å²) in [5.41, 5.74) is 0. The summed E-state index contributed by atoms with van der Waals surface area (Å²) in [6, 6.07) is 0. The minimum absolute atomic E-state index is 0.0946. The molecule has 0 aromatic heterocycles. The van der Waals surface area contributed by atoms with E-state index in [-0.39, 0.29) is 31.1 Å². The van der Waals surface area contributed by atoms with Gasteiger partial charge in [-0.2, -0.15) is 0 Å². The van der Waals surface area contributed by atoms with Crippen molar-refractivity contribution in [2.24, 2.45) is 0 Å². The monoisotopic (exact) mass is 1140 g/mol. The molecular weight excluding hydrogens is 1020 g/mol. The SMILES string of the molecule is CC/C=C\C/C=C\C/C=C\C/C=C\C/C=C\C/C=C\C/C=C\C/C=C\C/C=C\C/C=C\CCCCCCC(=O)OCC(COC(=O)CCCCCCCCCCCCC)OC(=O)CCCCCCCC/C=C\C/C=C\C/C=C\CCCCC. The van der Waals surface area contributed by atoms with Gasteiger partial charge in [0.15, 0.2) is 6.10 Å². The van der Waals surface area contributed by atoms with Crippen LogP contribution in [0.3, 0.4) is 0 Å². The van der Waals surface area contributed by atoms with E-state index >= 15 is 0 Å². The fourth-order valence-corrected chi connectivity index (χ4v) is 8.95. The molecule has 0 aliphatic rings. The molecule has 0 saturated heterocycles. The van der Waals surface area contributed by atoms with Gasteiger partial charge in [0.2, 0.25) is 0 Å². The first-order valence-electron chi connectivity index (χ1n) is 34.0. The Morgan fingerprint density at radius 2 is 0.470 bits per heavy atom. The van der Waals surface area contributed by atoms with Gasteiger partial charge in [0.05, 0.1) is 0 Å². The molecule has 0 N–H and O–H groups in total. The molecule has 1 atom stereocenters. The van der Waals surface area contributed by atoms with E-state index < -0.39 is 6.10 Å². The van der Waals surface area contributed by atoms with Crippen LogP contribution in [0.25, 0.3) is 0 Å². The number of rotatable bonds is 60. The Hall–Kier alpha value is -4.97. The number of hydrogen-bond acceptors (Lipinski definition) is 6. The van der Waals surface area contributed by atoms with Gasteiger partial charge in [0, 0.05) is 19.3 Å². The van der Waals surface area contributed by atoms with Crippen LogP contribution in [0.5, 0.6) is 0 Å². The molecule has 0 heterocycles. The maximum absolute atomic E-state index is 12.9. The highest BCUT2D eigenvalue weighted by Crippen LogP contribution is 2.15. The third-order valence-electron chi connectivity index (χ3n) is 14.0. The number of esters is 3. The second-order valence-corrected chi connectivity index (χ2v) is 22.0. The zero-order chi connectivity index (χ0) is 59.9. The number of carbonyl (C=O) groups is 3. The third-order valence-corrected chi connectivity index (χ3v) is 14.0. The lowest BCUT2D eigenvalue weighted by Gasteiger charge is -2.18. The molecule has 0 spiro atoms. The molecule has 468 valence electrons. The van der Waals surface area contributed by atoms with Crippen molar-refractivity contribution in [2.45, 2.75) is 297 Å². The molecule has 6 heteroatoms. The Kier molecular flexibility index (Phi) is 65.4. The van der Waals surface area contributed by atoms with Crippen LogP contribution in [0.15, 0.2) is 158 Å². The molecule has 0 bridgehead atoms. The minimum Gasteiger partial charge on any atom is -0.462 e. The van der Waals surface area contributed by atoms with Crippen molar-refractivity contribution in [3.8, 4) is 0 Å². The third kappa shape index (κ3) is 67.7. The molecule has 0 fully saturated rings. The van der Waals surface area contributed by atoms with E-state index in [4.69, 9.17) is 14.2 Å². The predicted molar refractivity (Wildman–Crippen MR) is 362 cm³/mol. The van der Waals surface area contributed by atoms with Crippen LogP contribution in [0.4, 0.5) is 0 Å². The van der Waals surface area contributed by atoms with Gasteiger partial charge in [-0.25, -0.2) is 0 Å². The zero-order valence-corrected chi connectivity index (χ0v) is 53.7. The molecule has 0 saturated carbocycles.